The Bertz CT molecular complexity index is 947. The van der Waals surface area contributed by atoms with Crippen LogP contribution in [0.1, 0.15) is 35.3 Å². The lowest BCUT2D eigenvalue weighted by Gasteiger charge is -2.18. The number of carbonyl (C=O) groups excluding carboxylic acids is 1. The van der Waals surface area contributed by atoms with Gasteiger partial charge in [-0.25, -0.2) is 17.2 Å². The van der Waals surface area contributed by atoms with Crippen LogP contribution in [0.5, 0.6) is 0 Å². The van der Waals surface area contributed by atoms with Crippen LogP contribution in [0.15, 0.2) is 42.5 Å². The highest BCUT2D eigenvalue weighted by atomic mass is 32.2. The third-order valence-electron chi connectivity index (χ3n) is 4.29. The number of amides is 1. The number of halogens is 2. The molecule has 0 spiro atoms. The number of rotatable bonds is 4. The van der Waals surface area contributed by atoms with E-state index in [-0.39, 0.29) is 5.75 Å². The van der Waals surface area contributed by atoms with Gasteiger partial charge in [0.2, 0.25) is 10.0 Å². The average molecular weight is 380 g/mol. The third-order valence-corrected chi connectivity index (χ3v) is 6.16. The molecule has 0 bridgehead atoms. The van der Waals surface area contributed by atoms with Gasteiger partial charge in [0.1, 0.15) is 0 Å². The lowest BCUT2D eigenvalue weighted by molar-refractivity contribution is 0.0940. The van der Waals surface area contributed by atoms with Gasteiger partial charge in [0, 0.05) is 12.1 Å². The summed E-state index contributed by atoms with van der Waals surface area (Å²) >= 11 is 0. The lowest BCUT2D eigenvalue weighted by atomic mass is 10.1. The maximum atomic E-state index is 13.3. The van der Waals surface area contributed by atoms with E-state index in [1.807, 2.05) is 0 Å². The van der Waals surface area contributed by atoms with Crippen molar-refractivity contribution < 1.29 is 22.0 Å². The van der Waals surface area contributed by atoms with Crippen molar-refractivity contribution >= 4 is 21.6 Å². The molecule has 0 radical (unpaired) electrons. The monoisotopic (exact) mass is 380 g/mol. The summed E-state index contributed by atoms with van der Waals surface area (Å²) in [6.07, 6.45) is 0.548. The fourth-order valence-electron chi connectivity index (χ4n) is 2.88. The second-order valence-electron chi connectivity index (χ2n) is 6.16. The molecular formula is C18H18F2N2O3S. The zero-order valence-corrected chi connectivity index (χ0v) is 14.9. The van der Waals surface area contributed by atoms with Crippen molar-refractivity contribution in [3.63, 3.8) is 0 Å². The standard InChI is InChI=1S/C18H18F2N2O3S/c1-12(13-6-7-16(19)17(20)11-13)21-18(23)14-4-2-5-15(10-14)22-8-3-9-26(22,24)25/h2,4-7,10-12H,3,8-9H2,1H3,(H,21,23)/t12-/m1/s1. The van der Waals surface area contributed by atoms with Gasteiger partial charge < -0.3 is 5.32 Å². The molecule has 1 atom stereocenters. The summed E-state index contributed by atoms with van der Waals surface area (Å²) in [6.45, 7) is 2.04. The van der Waals surface area contributed by atoms with E-state index in [9.17, 15) is 22.0 Å². The fourth-order valence-corrected chi connectivity index (χ4v) is 4.43. The molecule has 5 nitrogen and oxygen atoms in total. The summed E-state index contributed by atoms with van der Waals surface area (Å²) in [5, 5.41) is 2.70. The number of hydrogen-bond donors (Lipinski definition) is 1. The first kappa shape index (κ1) is 18.3. The number of nitrogens with zero attached hydrogens (tertiary/aromatic N) is 1. The van der Waals surface area contributed by atoms with E-state index in [0.717, 1.165) is 12.1 Å². The van der Waals surface area contributed by atoms with Gasteiger partial charge in [-0.15, -0.1) is 0 Å². The normalized spacial score (nSPS) is 17.1. The van der Waals surface area contributed by atoms with Crippen LogP contribution in [0.3, 0.4) is 0 Å². The van der Waals surface area contributed by atoms with Crippen molar-refractivity contribution in [3.05, 3.63) is 65.2 Å². The summed E-state index contributed by atoms with van der Waals surface area (Å²) in [5.74, 6) is -2.27. The van der Waals surface area contributed by atoms with Crippen LogP contribution in [0, 0.1) is 11.6 Å². The molecule has 1 N–H and O–H groups in total. The van der Waals surface area contributed by atoms with E-state index in [1.54, 1.807) is 25.1 Å². The Morgan fingerprint density at radius 2 is 1.92 bits per heavy atom. The fraction of sp³-hybridized carbons (Fsp3) is 0.278. The molecule has 0 aliphatic carbocycles. The smallest absolute Gasteiger partial charge is 0.251 e. The van der Waals surface area contributed by atoms with Gasteiger partial charge in [0.05, 0.1) is 17.5 Å². The summed E-state index contributed by atoms with van der Waals surface area (Å²) in [7, 11) is -3.33. The van der Waals surface area contributed by atoms with Gasteiger partial charge >= 0.3 is 0 Å². The molecule has 0 saturated carbocycles. The van der Waals surface area contributed by atoms with Gasteiger partial charge in [-0.1, -0.05) is 12.1 Å². The molecule has 2 aromatic carbocycles. The zero-order valence-electron chi connectivity index (χ0n) is 14.1. The molecule has 0 aromatic heterocycles. The highest BCUT2D eigenvalue weighted by Crippen LogP contribution is 2.25. The maximum Gasteiger partial charge on any atom is 0.251 e. The van der Waals surface area contributed by atoms with Gasteiger partial charge in [-0.3, -0.25) is 9.10 Å². The van der Waals surface area contributed by atoms with Crippen LogP contribution in [-0.2, 0) is 10.0 Å². The Hall–Kier alpha value is -2.48. The predicted molar refractivity (Wildman–Crippen MR) is 94.4 cm³/mol. The molecule has 8 heteroatoms. The second kappa shape index (κ2) is 7.03. The summed E-state index contributed by atoms with van der Waals surface area (Å²) in [5.41, 5.74) is 1.16. The first-order valence-corrected chi connectivity index (χ1v) is 9.75. The van der Waals surface area contributed by atoms with Crippen LogP contribution in [0.25, 0.3) is 0 Å². The summed E-state index contributed by atoms with van der Waals surface area (Å²) in [6, 6.07) is 9.22. The van der Waals surface area contributed by atoms with Crippen molar-refractivity contribution in [2.75, 3.05) is 16.6 Å². The molecule has 1 amide bonds. The molecule has 1 aliphatic heterocycles. The number of nitrogens with one attached hydrogen (secondary N) is 1. The van der Waals surface area contributed by atoms with Crippen LogP contribution >= 0.6 is 0 Å². The largest absolute Gasteiger partial charge is 0.346 e. The van der Waals surface area contributed by atoms with Crippen molar-refractivity contribution in [3.8, 4) is 0 Å². The zero-order chi connectivity index (χ0) is 18.9. The van der Waals surface area contributed by atoms with E-state index in [4.69, 9.17) is 0 Å². The van der Waals surface area contributed by atoms with E-state index in [1.165, 1.54) is 16.4 Å². The molecule has 138 valence electrons. The Kier molecular flexibility index (Phi) is 4.95. The summed E-state index contributed by atoms with van der Waals surface area (Å²) < 4.78 is 51.7. The average Bonchev–Trinajstić information content (AvgIpc) is 2.96. The second-order valence-corrected chi connectivity index (χ2v) is 8.17. The number of benzene rings is 2. The molecule has 0 unspecified atom stereocenters. The predicted octanol–water partition coefficient (Wildman–Crippen LogP) is 3.00. The van der Waals surface area contributed by atoms with Crippen LogP contribution in [0.4, 0.5) is 14.5 Å². The minimum absolute atomic E-state index is 0.0938. The van der Waals surface area contributed by atoms with E-state index >= 15 is 0 Å². The molecule has 1 heterocycles. The number of anilines is 1. The van der Waals surface area contributed by atoms with Crippen LogP contribution < -0.4 is 9.62 Å². The summed E-state index contributed by atoms with van der Waals surface area (Å²) in [4.78, 5) is 12.5. The molecular weight excluding hydrogens is 362 g/mol. The van der Waals surface area contributed by atoms with Gasteiger partial charge in [0.15, 0.2) is 11.6 Å². The van der Waals surface area contributed by atoms with Crippen molar-refractivity contribution in [1.29, 1.82) is 0 Å². The Labute approximate surface area is 150 Å². The van der Waals surface area contributed by atoms with E-state index in [0.29, 0.717) is 29.8 Å². The van der Waals surface area contributed by atoms with Crippen molar-refractivity contribution in [1.82, 2.24) is 5.32 Å². The van der Waals surface area contributed by atoms with Crippen molar-refractivity contribution in [2.24, 2.45) is 0 Å². The first-order chi connectivity index (χ1) is 12.3. The van der Waals surface area contributed by atoms with Gasteiger partial charge in [0.25, 0.3) is 5.91 Å². The van der Waals surface area contributed by atoms with E-state index in [2.05, 4.69) is 5.32 Å². The highest BCUT2D eigenvalue weighted by Gasteiger charge is 2.28. The minimum atomic E-state index is -3.33. The van der Waals surface area contributed by atoms with Gasteiger partial charge in [-0.05, 0) is 49.2 Å². The Balaban J connectivity index is 1.78. The Morgan fingerprint density at radius 1 is 1.15 bits per heavy atom. The van der Waals surface area contributed by atoms with E-state index < -0.39 is 33.6 Å². The molecule has 26 heavy (non-hydrogen) atoms. The number of hydrogen-bond acceptors (Lipinski definition) is 3. The molecule has 1 fully saturated rings. The topological polar surface area (TPSA) is 66.5 Å². The minimum Gasteiger partial charge on any atom is -0.346 e. The quantitative estimate of drug-likeness (QED) is 0.887. The van der Waals surface area contributed by atoms with Crippen LogP contribution in [0.2, 0.25) is 0 Å². The number of carbonyl (C=O) groups is 1. The molecule has 2 aromatic rings. The maximum absolute atomic E-state index is 13.3. The SMILES string of the molecule is C[C@@H](NC(=O)c1cccc(N2CCCS2(=O)=O)c1)c1ccc(F)c(F)c1. The van der Waals surface area contributed by atoms with Gasteiger partial charge in [-0.2, -0.15) is 0 Å². The lowest BCUT2D eigenvalue weighted by Crippen LogP contribution is -2.28. The third kappa shape index (κ3) is 3.70. The molecule has 1 saturated heterocycles. The molecule has 3 rings (SSSR count). The van der Waals surface area contributed by atoms with Crippen LogP contribution in [-0.4, -0.2) is 26.6 Å². The first-order valence-electron chi connectivity index (χ1n) is 8.14. The van der Waals surface area contributed by atoms with Crippen molar-refractivity contribution in [2.45, 2.75) is 19.4 Å². The molecule has 1 aliphatic rings. The highest BCUT2D eigenvalue weighted by molar-refractivity contribution is 7.93. The number of sulfonamides is 1. The Morgan fingerprint density at radius 3 is 2.58 bits per heavy atom.